The molecule has 5 heteroatoms. The highest BCUT2D eigenvalue weighted by molar-refractivity contribution is 5.94. The summed E-state index contributed by atoms with van der Waals surface area (Å²) in [5.41, 5.74) is 0.964. The molecule has 1 aliphatic rings. The average Bonchev–Trinajstić information content (AvgIpc) is 2.54. The van der Waals surface area contributed by atoms with Gasteiger partial charge in [-0.25, -0.2) is 4.39 Å². The second kappa shape index (κ2) is 7.88. The minimum Gasteiger partial charge on any atom is -0.383 e. The predicted octanol–water partition coefficient (Wildman–Crippen LogP) is 3.04. The third kappa shape index (κ3) is 4.75. The van der Waals surface area contributed by atoms with Crippen LogP contribution in [0.1, 0.15) is 35.7 Å². The standard InChI is InChI=1S/C18H26FNO3/c1-14-4-5-15(12-16(14)19)17(21)20(8-11-22-3)13-18(2)6-9-23-10-7-18/h4-5,12H,6-11,13H2,1-3H3. The lowest BCUT2D eigenvalue weighted by atomic mass is 9.82. The second-order valence-corrected chi connectivity index (χ2v) is 6.61. The van der Waals surface area contributed by atoms with E-state index in [1.54, 1.807) is 31.1 Å². The lowest BCUT2D eigenvalue weighted by Crippen LogP contribution is -2.44. The zero-order valence-electron chi connectivity index (χ0n) is 14.2. The maximum Gasteiger partial charge on any atom is 0.254 e. The van der Waals surface area contributed by atoms with E-state index in [2.05, 4.69) is 6.92 Å². The Morgan fingerprint density at radius 1 is 1.39 bits per heavy atom. The maximum atomic E-state index is 13.8. The summed E-state index contributed by atoms with van der Waals surface area (Å²) in [7, 11) is 1.62. The van der Waals surface area contributed by atoms with Crippen molar-refractivity contribution in [2.45, 2.75) is 26.7 Å². The van der Waals surface area contributed by atoms with E-state index >= 15 is 0 Å². The number of rotatable bonds is 6. The summed E-state index contributed by atoms with van der Waals surface area (Å²) in [5.74, 6) is -0.492. The Morgan fingerprint density at radius 2 is 2.09 bits per heavy atom. The number of ether oxygens (including phenoxy) is 2. The first-order chi connectivity index (χ1) is 10.9. The van der Waals surface area contributed by atoms with Crippen LogP contribution in [0.4, 0.5) is 4.39 Å². The van der Waals surface area contributed by atoms with Crippen LogP contribution in [-0.4, -0.2) is 50.8 Å². The van der Waals surface area contributed by atoms with Crippen molar-refractivity contribution < 1.29 is 18.7 Å². The predicted molar refractivity (Wildman–Crippen MR) is 87.1 cm³/mol. The number of carbonyl (C=O) groups is 1. The molecule has 0 radical (unpaired) electrons. The molecule has 4 nitrogen and oxygen atoms in total. The van der Waals surface area contributed by atoms with Crippen molar-refractivity contribution in [2.24, 2.45) is 5.41 Å². The molecule has 2 rings (SSSR count). The quantitative estimate of drug-likeness (QED) is 0.808. The van der Waals surface area contributed by atoms with Crippen LogP contribution in [0.5, 0.6) is 0 Å². The van der Waals surface area contributed by atoms with Gasteiger partial charge in [0, 0.05) is 39.0 Å². The molecule has 0 N–H and O–H groups in total. The van der Waals surface area contributed by atoms with Gasteiger partial charge in [-0.3, -0.25) is 4.79 Å². The van der Waals surface area contributed by atoms with Gasteiger partial charge in [0.2, 0.25) is 0 Å². The maximum absolute atomic E-state index is 13.8. The largest absolute Gasteiger partial charge is 0.383 e. The number of aryl methyl sites for hydroxylation is 1. The van der Waals surface area contributed by atoms with E-state index < -0.39 is 0 Å². The Bertz CT molecular complexity index is 541. The van der Waals surface area contributed by atoms with Crippen LogP contribution in [0.3, 0.4) is 0 Å². The number of nitrogens with zero attached hydrogens (tertiary/aromatic N) is 1. The summed E-state index contributed by atoms with van der Waals surface area (Å²) >= 11 is 0. The summed E-state index contributed by atoms with van der Waals surface area (Å²) in [6, 6.07) is 4.66. The highest BCUT2D eigenvalue weighted by atomic mass is 19.1. The number of carbonyl (C=O) groups excluding carboxylic acids is 1. The monoisotopic (exact) mass is 323 g/mol. The lowest BCUT2D eigenvalue weighted by Gasteiger charge is -2.38. The van der Waals surface area contributed by atoms with E-state index in [-0.39, 0.29) is 17.1 Å². The van der Waals surface area contributed by atoms with Gasteiger partial charge in [0.05, 0.1) is 6.61 Å². The number of hydrogen-bond acceptors (Lipinski definition) is 3. The van der Waals surface area contributed by atoms with Crippen LogP contribution in [-0.2, 0) is 9.47 Å². The summed E-state index contributed by atoms with van der Waals surface area (Å²) in [5, 5.41) is 0. The van der Waals surface area contributed by atoms with Crippen molar-refractivity contribution in [3.63, 3.8) is 0 Å². The molecule has 1 amide bonds. The molecule has 1 aliphatic heterocycles. The highest BCUT2D eigenvalue weighted by Gasteiger charge is 2.31. The first-order valence-electron chi connectivity index (χ1n) is 8.07. The summed E-state index contributed by atoms with van der Waals surface area (Å²) in [4.78, 5) is 14.6. The van der Waals surface area contributed by atoms with Gasteiger partial charge in [0.1, 0.15) is 5.82 Å². The molecule has 128 valence electrons. The third-order valence-electron chi connectivity index (χ3n) is 4.54. The van der Waals surface area contributed by atoms with E-state index in [4.69, 9.17) is 9.47 Å². The Balaban J connectivity index is 2.15. The summed E-state index contributed by atoms with van der Waals surface area (Å²) < 4.78 is 24.3. The van der Waals surface area contributed by atoms with E-state index in [0.717, 1.165) is 26.1 Å². The fourth-order valence-corrected chi connectivity index (χ4v) is 2.85. The average molecular weight is 323 g/mol. The normalized spacial score (nSPS) is 17.0. The van der Waals surface area contributed by atoms with Crippen LogP contribution < -0.4 is 0 Å². The number of methoxy groups -OCH3 is 1. The summed E-state index contributed by atoms with van der Waals surface area (Å²) in [6.07, 6.45) is 1.85. The van der Waals surface area contributed by atoms with E-state index in [9.17, 15) is 9.18 Å². The zero-order chi connectivity index (χ0) is 16.9. The number of halogens is 1. The van der Waals surface area contributed by atoms with Crippen LogP contribution in [0.15, 0.2) is 18.2 Å². The fraction of sp³-hybridized carbons (Fsp3) is 0.611. The number of benzene rings is 1. The van der Waals surface area contributed by atoms with E-state index in [1.807, 2.05) is 0 Å². The van der Waals surface area contributed by atoms with Gasteiger partial charge in [-0.05, 0) is 42.9 Å². The summed E-state index contributed by atoms with van der Waals surface area (Å²) in [6.45, 7) is 6.92. The van der Waals surface area contributed by atoms with Gasteiger partial charge in [0.15, 0.2) is 0 Å². The van der Waals surface area contributed by atoms with Crippen molar-refractivity contribution >= 4 is 5.91 Å². The molecule has 0 bridgehead atoms. The van der Waals surface area contributed by atoms with E-state index in [0.29, 0.717) is 30.8 Å². The van der Waals surface area contributed by atoms with Gasteiger partial charge >= 0.3 is 0 Å². The van der Waals surface area contributed by atoms with Crippen LogP contribution in [0.25, 0.3) is 0 Å². The minimum atomic E-state index is -0.347. The molecule has 0 saturated carbocycles. The van der Waals surface area contributed by atoms with Crippen molar-refractivity contribution in [3.8, 4) is 0 Å². The topological polar surface area (TPSA) is 38.8 Å². The smallest absolute Gasteiger partial charge is 0.254 e. The van der Waals surface area contributed by atoms with Crippen LogP contribution >= 0.6 is 0 Å². The van der Waals surface area contributed by atoms with Gasteiger partial charge in [0.25, 0.3) is 5.91 Å². The minimum absolute atomic E-state index is 0.0326. The van der Waals surface area contributed by atoms with Gasteiger partial charge in [-0.1, -0.05) is 13.0 Å². The SMILES string of the molecule is COCCN(CC1(C)CCOCC1)C(=O)c1ccc(C)c(F)c1. The molecule has 0 atom stereocenters. The number of amides is 1. The van der Waals surface area contributed by atoms with Crippen molar-refractivity contribution in [3.05, 3.63) is 35.1 Å². The number of hydrogen-bond donors (Lipinski definition) is 0. The molecule has 1 saturated heterocycles. The van der Waals surface area contributed by atoms with Crippen LogP contribution in [0.2, 0.25) is 0 Å². The molecular formula is C18H26FNO3. The lowest BCUT2D eigenvalue weighted by molar-refractivity contribution is 0.00273. The Kier molecular flexibility index (Phi) is 6.13. The molecule has 1 aromatic carbocycles. The van der Waals surface area contributed by atoms with Crippen molar-refractivity contribution in [2.75, 3.05) is 40.0 Å². The first kappa shape index (κ1) is 17.9. The molecule has 0 aromatic heterocycles. The Hall–Kier alpha value is -1.46. The zero-order valence-corrected chi connectivity index (χ0v) is 14.2. The second-order valence-electron chi connectivity index (χ2n) is 6.61. The third-order valence-corrected chi connectivity index (χ3v) is 4.54. The molecular weight excluding hydrogens is 297 g/mol. The Labute approximate surface area is 137 Å². The van der Waals surface area contributed by atoms with Gasteiger partial charge in [-0.15, -0.1) is 0 Å². The van der Waals surface area contributed by atoms with Crippen molar-refractivity contribution in [1.29, 1.82) is 0 Å². The molecule has 1 heterocycles. The first-order valence-corrected chi connectivity index (χ1v) is 8.07. The molecule has 1 fully saturated rings. The molecule has 1 aromatic rings. The van der Waals surface area contributed by atoms with Crippen molar-refractivity contribution in [1.82, 2.24) is 4.90 Å². The Morgan fingerprint density at radius 3 is 2.70 bits per heavy atom. The van der Waals surface area contributed by atoms with Gasteiger partial charge in [-0.2, -0.15) is 0 Å². The van der Waals surface area contributed by atoms with Gasteiger partial charge < -0.3 is 14.4 Å². The van der Waals surface area contributed by atoms with Crippen LogP contribution in [0, 0.1) is 18.2 Å². The molecule has 0 spiro atoms. The van der Waals surface area contributed by atoms with E-state index in [1.165, 1.54) is 6.07 Å². The fourth-order valence-electron chi connectivity index (χ4n) is 2.85. The highest BCUT2D eigenvalue weighted by Crippen LogP contribution is 2.31. The molecule has 0 aliphatic carbocycles. The molecule has 23 heavy (non-hydrogen) atoms. The molecule has 0 unspecified atom stereocenters.